The van der Waals surface area contributed by atoms with E-state index < -0.39 is 24.0 Å². The van der Waals surface area contributed by atoms with Crippen molar-refractivity contribution in [1.82, 2.24) is 4.90 Å². The lowest BCUT2D eigenvalue weighted by molar-refractivity contribution is -0.00341. The van der Waals surface area contributed by atoms with Crippen molar-refractivity contribution in [3.05, 3.63) is 101 Å². The second kappa shape index (κ2) is 12.4. The number of rotatable bonds is 8. The van der Waals surface area contributed by atoms with Crippen LogP contribution in [0.25, 0.3) is 0 Å². The summed E-state index contributed by atoms with van der Waals surface area (Å²) in [4.78, 5) is 28.9. The maximum atomic E-state index is 15.2. The zero-order valence-corrected chi connectivity index (χ0v) is 21.0. The summed E-state index contributed by atoms with van der Waals surface area (Å²) in [5.74, 6) is -1.36. The van der Waals surface area contributed by atoms with Gasteiger partial charge in [0.05, 0.1) is 30.5 Å². The number of esters is 1. The Hall–Kier alpha value is -3.91. The van der Waals surface area contributed by atoms with Crippen LogP contribution in [0.5, 0.6) is 0 Å². The number of carbonyl (C=O) groups is 2. The molecule has 0 unspecified atom stereocenters. The molecule has 0 radical (unpaired) electrons. The number of piperidine rings is 1. The van der Waals surface area contributed by atoms with E-state index in [0.29, 0.717) is 31.7 Å². The average Bonchev–Trinajstić information content (AvgIpc) is 2.95. The summed E-state index contributed by atoms with van der Waals surface area (Å²) in [6.45, 7) is 1.31. The average molecular weight is 507 g/mol. The molecule has 0 bridgehead atoms. The van der Waals surface area contributed by atoms with Crippen LogP contribution in [0.4, 0.5) is 14.9 Å². The Morgan fingerprint density at radius 2 is 1.62 bits per heavy atom. The summed E-state index contributed by atoms with van der Waals surface area (Å²) < 4.78 is 31.4. The van der Waals surface area contributed by atoms with Gasteiger partial charge in [0.15, 0.2) is 5.82 Å². The van der Waals surface area contributed by atoms with Gasteiger partial charge in [-0.25, -0.2) is 14.0 Å². The van der Waals surface area contributed by atoms with Gasteiger partial charge >= 0.3 is 12.1 Å². The van der Waals surface area contributed by atoms with Crippen LogP contribution in [0.3, 0.4) is 0 Å². The summed E-state index contributed by atoms with van der Waals surface area (Å²) in [6, 6.07) is 23.6. The molecule has 1 saturated heterocycles. The van der Waals surface area contributed by atoms with Crippen LogP contribution in [0.1, 0.15) is 27.9 Å². The fourth-order valence-electron chi connectivity index (χ4n) is 4.64. The van der Waals surface area contributed by atoms with E-state index in [0.717, 1.165) is 11.1 Å². The topological polar surface area (TPSA) is 68.3 Å². The Labute approximate surface area is 216 Å². The zero-order chi connectivity index (χ0) is 26.2. The van der Waals surface area contributed by atoms with Crippen LogP contribution >= 0.6 is 0 Å². The molecule has 1 heterocycles. The van der Waals surface area contributed by atoms with E-state index >= 15 is 4.39 Å². The fraction of sp³-hybridized carbons (Fsp3) is 0.310. The normalized spacial score (nSPS) is 17.2. The number of ether oxygens (including phenoxy) is 3. The molecule has 37 heavy (non-hydrogen) atoms. The highest BCUT2D eigenvalue weighted by Gasteiger charge is 2.37. The summed E-state index contributed by atoms with van der Waals surface area (Å²) in [7, 11) is 2.80. The molecule has 7 nitrogen and oxygen atoms in total. The van der Waals surface area contributed by atoms with Crippen LogP contribution in [0, 0.1) is 5.82 Å². The van der Waals surface area contributed by atoms with Gasteiger partial charge < -0.3 is 19.1 Å². The quantitative estimate of drug-likeness (QED) is 0.399. The molecule has 3 aromatic carbocycles. The molecule has 0 aromatic heterocycles. The summed E-state index contributed by atoms with van der Waals surface area (Å²) in [6.07, 6.45) is -0.330. The number of halogens is 1. The van der Waals surface area contributed by atoms with Crippen molar-refractivity contribution in [1.29, 1.82) is 0 Å². The molecular formula is C29H31FN2O5. The maximum Gasteiger partial charge on any atom is 0.410 e. The Morgan fingerprint density at radius 3 is 2.27 bits per heavy atom. The van der Waals surface area contributed by atoms with E-state index in [2.05, 4.69) is 0 Å². The minimum absolute atomic E-state index is 0.119. The van der Waals surface area contributed by atoms with Gasteiger partial charge in [0.1, 0.15) is 6.61 Å². The van der Waals surface area contributed by atoms with Crippen LogP contribution in [-0.4, -0.2) is 56.4 Å². The van der Waals surface area contributed by atoms with Crippen molar-refractivity contribution in [3.63, 3.8) is 0 Å². The number of benzene rings is 3. The van der Waals surface area contributed by atoms with Gasteiger partial charge in [-0.15, -0.1) is 0 Å². The molecule has 1 fully saturated rings. The molecule has 3 aromatic rings. The Bertz CT molecular complexity index is 1190. The number of amides is 1. The molecule has 1 amide bonds. The molecule has 0 spiro atoms. The predicted molar refractivity (Wildman–Crippen MR) is 138 cm³/mol. The lowest BCUT2D eigenvalue weighted by Crippen LogP contribution is -2.56. The van der Waals surface area contributed by atoms with E-state index in [1.54, 1.807) is 24.1 Å². The first-order valence-electron chi connectivity index (χ1n) is 12.2. The Kier molecular flexibility index (Phi) is 8.74. The summed E-state index contributed by atoms with van der Waals surface area (Å²) >= 11 is 0. The minimum atomic E-state index is -0.729. The van der Waals surface area contributed by atoms with E-state index in [1.807, 2.05) is 65.6 Å². The maximum absolute atomic E-state index is 15.2. The molecule has 194 valence electrons. The van der Waals surface area contributed by atoms with Crippen molar-refractivity contribution in [2.75, 3.05) is 32.2 Å². The van der Waals surface area contributed by atoms with E-state index in [4.69, 9.17) is 14.2 Å². The number of methoxy groups -OCH3 is 2. The SMILES string of the molecule is COC(=O)c1cccc(N2CC[C@@H](N(Cc3ccccc3)C(=O)OCc3ccccc3)[C@@H](OC)C2)c1F. The molecular weight excluding hydrogens is 475 g/mol. The van der Waals surface area contributed by atoms with Crippen LogP contribution in [-0.2, 0) is 27.4 Å². The number of hydrogen-bond acceptors (Lipinski definition) is 6. The molecule has 8 heteroatoms. The highest BCUT2D eigenvalue weighted by molar-refractivity contribution is 5.91. The first kappa shape index (κ1) is 26.2. The first-order valence-corrected chi connectivity index (χ1v) is 12.2. The van der Waals surface area contributed by atoms with Crippen LogP contribution in [0.2, 0.25) is 0 Å². The Balaban J connectivity index is 1.54. The second-order valence-electron chi connectivity index (χ2n) is 8.86. The summed E-state index contributed by atoms with van der Waals surface area (Å²) in [5.41, 5.74) is 2.04. The van der Waals surface area contributed by atoms with Crippen molar-refractivity contribution >= 4 is 17.7 Å². The van der Waals surface area contributed by atoms with Crippen molar-refractivity contribution < 1.29 is 28.2 Å². The smallest absolute Gasteiger partial charge is 0.410 e. The van der Waals surface area contributed by atoms with Gasteiger partial charge in [-0.1, -0.05) is 66.7 Å². The van der Waals surface area contributed by atoms with E-state index in [-0.39, 0.29) is 18.2 Å². The van der Waals surface area contributed by atoms with E-state index in [9.17, 15) is 9.59 Å². The fourth-order valence-corrected chi connectivity index (χ4v) is 4.64. The zero-order valence-electron chi connectivity index (χ0n) is 21.0. The lowest BCUT2D eigenvalue weighted by atomic mass is 9.98. The standard InChI is InChI=1S/C29H31FN2O5/c1-35-26-19-31(25-15-9-14-23(27(25)30)28(33)36-2)17-16-24(26)32(18-21-10-5-3-6-11-21)29(34)37-20-22-12-7-4-8-13-22/h3-15,24,26H,16-20H2,1-2H3/t24-,26+/m1/s1. The number of nitrogens with zero attached hydrogens (tertiary/aromatic N) is 2. The third-order valence-electron chi connectivity index (χ3n) is 6.59. The van der Waals surface area contributed by atoms with Gasteiger partial charge in [-0.2, -0.15) is 0 Å². The largest absolute Gasteiger partial charge is 0.465 e. The van der Waals surface area contributed by atoms with Gasteiger partial charge in [-0.3, -0.25) is 4.90 Å². The van der Waals surface area contributed by atoms with Crippen LogP contribution in [0.15, 0.2) is 78.9 Å². The van der Waals surface area contributed by atoms with Crippen molar-refractivity contribution in [2.45, 2.75) is 31.7 Å². The Morgan fingerprint density at radius 1 is 0.946 bits per heavy atom. The lowest BCUT2D eigenvalue weighted by Gasteiger charge is -2.43. The second-order valence-corrected chi connectivity index (χ2v) is 8.86. The molecule has 1 aliphatic heterocycles. The molecule has 1 aliphatic rings. The van der Waals surface area contributed by atoms with Gasteiger partial charge in [0.2, 0.25) is 0 Å². The third-order valence-corrected chi connectivity index (χ3v) is 6.59. The monoisotopic (exact) mass is 506 g/mol. The number of carbonyl (C=O) groups excluding carboxylic acids is 2. The van der Waals surface area contributed by atoms with Crippen molar-refractivity contribution in [3.8, 4) is 0 Å². The van der Waals surface area contributed by atoms with E-state index in [1.165, 1.54) is 13.2 Å². The number of anilines is 1. The minimum Gasteiger partial charge on any atom is -0.465 e. The van der Waals surface area contributed by atoms with Crippen LogP contribution < -0.4 is 4.90 Å². The molecule has 4 rings (SSSR count). The highest BCUT2D eigenvalue weighted by Crippen LogP contribution is 2.29. The van der Waals surface area contributed by atoms with Gasteiger partial charge in [-0.05, 0) is 29.7 Å². The summed E-state index contributed by atoms with van der Waals surface area (Å²) in [5, 5.41) is 0. The van der Waals surface area contributed by atoms with Crippen molar-refractivity contribution in [2.24, 2.45) is 0 Å². The number of hydrogen-bond donors (Lipinski definition) is 0. The van der Waals surface area contributed by atoms with Gasteiger partial charge in [0.25, 0.3) is 0 Å². The molecule has 0 aliphatic carbocycles. The molecule has 0 N–H and O–H groups in total. The highest BCUT2D eigenvalue weighted by atomic mass is 19.1. The first-order chi connectivity index (χ1) is 18.0. The molecule has 2 atom stereocenters. The third kappa shape index (κ3) is 6.27. The predicted octanol–water partition coefficient (Wildman–Crippen LogP) is 5.05. The van der Waals surface area contributed by atoms with Gasteiger partial charge in [0, 0.05) is 26.7 Å². The molecule has 0 saturated carbocycles.